The predicted molar refractivity (Wildman–Crippen MR) is 59.9 cm³/mol. The molecule has 1 aliphatic heterocycles. The van der Waals surface area contributed by atoms with Gasteiger partial charge in [-0.3, -0.25) is 14.9 Å². The Hall–Kier alpha value is -2.43. The summed E-state index contributed by atoms with van der Waals surface area (Å²) in [4.78, 5) is 23.5. The number of hydrogen-bond acceptors (Lipinski definition) is 4. The molecule has 0 spiro atoms. The molecule has 1 aliphatic carbocycles. The van der Waals surface area contributed by atoms with Gasteiger partial charge in [-0.2, -0.15) is 0 Å². The van der Waals surface area contributed by atoms with Crippen molar-refractivity contribution in [1.82, 2.24) is 5.32 Å². The van der Waals surface area contributed by atoms with E-state index in [-0.39, 0.29) is 5.71 Å². The maximum Gasteiger partial charge on any atom is 0.258 e. The first-order valence-corrected chi connectivity index (χ1v) is 5.10. The quantitative estimate of drug-likeness (QED) is 0.393. The number of rotatable bonds is 0. The molecule has 1 aromatic rings. The zero-order valence-electron chi connectivity index (χ0n) is 8.68. The fraction of sp³-hybridized carbons (Fsp3) is 0.0833. The molecule has 0 bridgehead atoms. The summed E-state index contributed by atoms with van der Waals surface area (Å²) in [7, 11) is 0. The summed E-state index contributed by atoms with van der Waals surface area (Å²) >= 11 is 0. The van der Waals surface area contributed by atoms with Crippen LogP contribution in [-0.2, 0) is 4.79 Å². The molecule has 1 unspecified atom stereocenters. The third kappa shape index (κ3) is 1.22. The second-order valence-corrected chi connectivity index (χ2v) is 3.92. The van der Waals surface area contributed by atoms with Crippen LogP contribution in [0.25, 0.3) is 6.08 Å². The van der Waals surface area contributed by atoms with Crippen molar-refractivity contribution in [3.05, 3.63) is 41.0 Å². The van der Waals surface area contributed by atoms with Crippen LogP contribution in [0.2, 0.25) is 0 Å². The molecule has 5 nitrogen and oxygen atoms in total. The Balaban J connectivity index is 2.34. The van der Waals surface area contributed by atoms with Gasteiger partial charge in [-0.1, -0.05) is 23.4 Å². The van der Waals surface area contributed by atoms with E-state index in [9.17, 15) is 9.59 Å². The zero-order valence-corrected chi connectivity index (χ0v) is 8.68. The first-order valence-electron chi connectivity index (χ1n) is 5.10. The summed E-state index contributed by atoms with van der Waals surface area (Å²) in [5.41, 5.74) is 2.13. The van der Waals surface area contributed by atoms with E-state index in [4.69, 9.17) is 5.21 Å². The average Bonchev–Trinajstić information content (AvgIpc) is 2.35. The van der Waals surface area contributed by atoms with Gasteiger partial charge in [0.05, 0.1) is 5.71 Å². The molecule has 1 heterocycles. The van der Waals surface area contributed by atoms with E-state index in [0.717, 1.165) is 5.56 Å². The minimum absolute atomic E-state index is 0.245. The lowest BCUT2D eigenvalue weighted by Crippen LogP contribution is -2.44. The molecule has 0 saturated carbocycles. The van der Waals surface area contributed by atoms with Crippen LogP contribution >= 0.6 is 0 Å². The topological polar surface area (TPSA) is 78.8 Å². The summed E-state index contributed by atoms with van der Waals surface area (Å²) in [5.74, 6) is -1.56. The summed E-state index contributed by atoms with van der Waals surface area (Å²) in [6.07, 6.45) is 3.31. The minimum Gasteiger partial charge on any atom is -0.411 e. The van der Waals surface area contributed by atoms with Crippen molar-refractivity contribution < 1.29 is 14.8 Å². The number of nitrogens with one attached hydrogen (secondary N) is 1. The predicted octanol–water partition coefficient (Wildman–Crippen LogP) is 0.897. The molecule has 0 saturated heterocycles. The second-order valence-electron chi connectivity index (χ2n) is 3.92. The molecule has 5 heteroatoms. The third-order valence-corrected chi connectivity index (χ3v) is 3.02. The Morgan fingerprint density at radius 2 is 2.06 bits per heavy atom. The van der Waals surface area contributed by atoms with Gasteiger partial charge in [0.1, 0.15) is 5.92 Å². The number of benzene rings is 1. The van der Waals surface area contributed by atoms with E-state index in [0.29, 0.717) is 11.1 Å². The molecule has 0 radical (unpaired) electrons. The highest BCUT2D eigenvalue weighted by Gasteiger charge is 2.38. The number of oxime groups is 1. The van der Waals surface area contributed by atoms with Crippen molar-refractivity contribution >= 4 is 23.6 Å². The lowest BCUT2D eigenvalue weighted by molar-refractivity contribution is -0.120. The van der Waals surface area contributed by atoms with Crippen molar-refractivity contribution in [2.75, 3.05) is 0 Å². The van der Waals surface area contributed by atoms with Crippen LogP contribution in [0.1, 0.15) is 27.4 Å². The molecule has 2 aliphatic rings. The van der Waals surface area contributed by atoms with E-state index >= 15 is 0 Å². The fourth-order valence-corrected chi connectivity index (χ4v) is 2.28. The summed E-state index contributed by atoms with van der Waals surface area (Å²) in [6, 6.07) is 5.23. The molecule has 1 aromatic carbocycles. The summed E-state index contributed by atoms with van der Waals surface area (Å²) in [6.45, 7) is 0. The van der Waals surface area contributed by atoms with Gasteiger partial charge >= 0.3 is 0 Å². The van der Waals surface area contributed by atoms with Crippen LogP contribution in [0.15, 0.2) is 29.4 Å². The van der Waals surface area contributed by atoms with Crippen LogP contribution in [0.4, 0.5) is 0 Å². The number of nitrogens with zero attached hydrogens (tertiary/aromatic N) is 1. The van der Waals surface area contributed by atoms with Gasteiger partial charge in [-0.15, -0.1) is 0 Å². The normalized spacial score (nSPS) is 23.5. The van der Waals surface area contributed by atoms with Gasteiger partial charge in [0, 0.05) is 5.56 Å². The number of hydrogen-bond donors (Lipinski definition) is 2. The van der Waals surface area contributed by atoms with Crippen molar-refractivity contribution in [3.63, 3.8) is 0 Å². The second kappa shape index (κ2) is 3.28. The smallest absolute Gasteiger partial charge is 0.258 e. The SMILES string of the molecule is O=C1NC(=O)C2C(=NO)C=Cc3cccc1c32. The molecular formula is C12H8N2O3. The maximum atomic E-state index is 11.8. The van der Waals surface area contributed by atoms with E-state index in [1.165, 1.54) is 0 Å². The van der Waals surface area contributed by atoms with Crippen molar-refractivity contribution in [1.29, 1.82) is 0 Å². The standard InChI is InChI=1S/C12H8N2O3/c15-11-7-3-1-2-6-4-5-8(14-17)10(9(6)7)12(16)13-11/h1-5,10,17H,(H,13,15,16). The van der Waals surface area contributed by atoms with Gasteiger partial charge < -0.3 is 5.21 Å². The van der Waals surface area contributed by atoms with Crippen molar-refractivity contribution in [2.24, 2.45) is 5.16 Å². The van der Waals surface area contributed by atoms with Crippen molar-refractivity contribution in [2.45, 2.75) is 5.92 Å². The number of amides is 2. The highest BCUT2D eigenvalue weighted by Crippen LogP contribution is 2.33. The Morgan fingerprint density at radius 3 is 2.82 bits per heavy atom. The Bertz CT molecular complexity index is 602. The monoisotopic (exact) mass is 228 g/mol. The van der Waals surface area contributed by atoms with Crippen molar-refractivity contribution in [3.8, 4) is 0 Å². The Morgan fingerprint density at radius 1 is 1.24 bits per heavy atom. The summed E-state index contributed by atoms with van der Waals surface area (Å²) < 4.78 is 0. The van der Waals surface area contributed by atoms with E-state index < -0.39 is 17.7 Å². The minimum atomic E-state index is -0.700. The molecule has 17 heavy (non-hydrogen) atoms. The van der Waals surface area contributed by atoms with Crippen LogP contribution in [-0.4, -0.2) is 22.7 Å². The average molecular weight is 228 g/mol. The number of allylic oxidation sites excluding steroid dienone is 1. The maximum absolute atomic E-state index is 11.8. The molecule has 84 valence electrons. The number of imide groups is 1. The third-order valence-electron chi connectivity index (χ3n) is 3.02. The molecule has 2 amide bonds. The Labute approximate surface area is 96.4 Å². The first kappa shape index (κ1) is 9.77. The lowest BCUT2D eigenvalue weighted by atomic mass is 9.80. The highest BCUT2D eigenvalue weighted by atomic mass is 16.4. The molecule has 2 N–H and O–H groups in total. The molecule has 0 aromatic heterocycles. The highest BCUT2D eigenvalue weighted by molar-refractivity contribution is 6.25. The van der Waals surface area contributed by atoms with E-state index in [2.05, 4.69) is 10.5 Å². The molecule has 3 rings (SSSR count). The largest absolute Gasteiger partial charge is 0.411 e. The van der Waals surface area contributed by atoms with Gasteiger partial charge in [0.2, 0.25) is 5.91 Å². The number of carbonyl (C=O) groups is 2. The number of carbonyl (C=O) groups excluding carboxylic acids is 2. The molecule has 1 atom stereocenters. The van der Waals surface area contributed by atoms with Gasteiger partial charge in [-0.25, -0.2) is 0 Å². The summed E-state index contributed by atoms with van der Waals surface area (Å²) in [5, 5.41) is 14.3. The van der Waals surface area contributed by atoms with Crippen LogP contribution in [0.5, 0.6) is 0 Å². The van der Waals surface area contributed by atoms with Crippen LogP contribution in [0, 0.1) is 0 Å². The fourth-order valence-electron chi connectivity index (χ4n) is 2.28. The van der Waals surface area contributed by atoms with Gasteiger partial charge in [-0.05, 0) is 23.3 Å². The first-order chi connectivity index (χ1) is 8.22. The molecule has 0 fully saturated rings. The van der Waals surface area contributed by atoms with Gasteiger partial charge in [0.25, 0.3) is 5.91 Å². The Kier molecular flexibility index (Phi) is 1.89. The van der Waals surface area contributed by atoms with E-state index in [1.807, 2.05) is 6.07 Å². The van der Waals surface area contributed by atoms with Gasteiger partial charge in [0.15, 0.2) is 0 Å². The van der Waals surface area contributed by atoms with Crippen LogP contribution in [0.3, 0.4) is 0 Å². The molecular weight excluding hydrogens is 220 g/mol. The zero-order chi connectivity index (χ0) is 12.0. The van der Waals surface area contributed by atoms with E-state index in [1.54, 1.807) is 24.3 Å². The lowest BCUT2D eigenvalue weighted by Gasteiger charge is -2.27. The van der Waals surface area contributed by atoms with Crippen LogP contribution < -0.4 is 5.32 Å².